The van der Waals surface area contributed by atoms with Crippen molar-refractivity contribution in [2.75, 3.05) is 7.11 Å². The van der Waals surface area contributed by atoms with Crippen LogP contribution in [0.4, 0.5) is 0 Å². The van der Waals surface area contributed by atoms with Gasteiger partial charge in [-0.25, -0.2) is 0 Å². The van der Waals surface area contributed by atoms with Crippen molar-refractivity contribution in [2.24, 2.45) is 17.3 Å². The smallest absolute Gasteiger partial charge is 0.307 e. The van der Waals surface area contributed by atoms with Crippen LogP contribution < -0.4 is 5.32 Å². The quantitative estimate of drug-likeness (QED) is 0.786. The van der Waals surface area contributed by atoms with E-state index in [9.17, 15) is 9.59 Å². The molecule has 1 amide bonds. The van der Waals surface area contributed by atoms with E-state index in [2.05, 4.69) is 19.2 Å². The van der Waals surface area contributed by atoms with Gasteiger partial charge in [0, 0.05) is 18.6 Å². The molecule has 2 saturated carbocycles. The molecule has 0 aromatic heterocycles. The van der Waals surface area contributed by atoms with Gasteiger partial charge in [-0.15, -0.1) is 0 Å². The largest absolute Gasteiger partial charge is 0.481 e. The number of aliphatic carboxylic acids is 1. The Hall–Kier alpha value is -1.10. The van der Waals surface area contributed by atoms with Gasteiger partial charge in [0.05, 0.1) is 17.4 Å². The molecule has 0 bridgehead atoms. The molecule has 0 aliphatic heterocycles. The Morgan fingerprint density at radius 2 is 1.89 bits per heavy atom. The van der Waals surface area contributed by atoms with Crippen molar-refractivity contribution < 1.29 is 19.4 Å². The maximum absolute atomic E-state index is 11.9. The topological polar surface area (TPSA) is 75.6 Å². The van der Waals surface area contributed by atoms with Gasteiger partial charge in [-0.3, -0.25) is 9.59 Å². The average Bonchev–Trinajstić information content (AvgIpc) is 3.07. The normalized spacial score (nSPS) is 40.8. The Morgan fingerprint density at radius 3 is 2.28 bits per heavy atom. The van der Waals surface area contributed by atoms with Crippen molar-refractivity contribution in [3.8, 4) is 0 Å². The second-order valence-corrected chi connectivity index (χ2v) is 6.21. The number of carboxylic acids is 1. The van der Waals surface area contributed by atoms with Crippen LogP contribution >= 0.6 is 0 Å². The first-order valence-electron chi connectivity index (χ1n) is 6.31. The molecule has 2 rings (SSSR count). The highest BCUT2D eigenvalue weighted by Crippen LogP contribution is 2.52. The van der Waals surface area contributed by atoms with E-state index >= 15 is 0 Å². The molecule has 0 radical (unpaired) electrons. The molecular formula is C13H21NO4. The van der Waals surface area contributed by atoms with E-state index in [1.165, 1.54) is 0 Å². The molecule has 0 unspecified atom stereocenters. The molecule has 0 aromatic carbocycles. The van der Waals surface area contributed by atoms with E-state index in [1.807, 2.05) is 6.92 Å². The average molecular weight is 255 g/mol. The third kappa shape index (κ3) is 1.81. The number of methoxy groups -OCH3 is 1. The third-order valence-electron chi connectivity index (χ3n) is 5.04. The zero-order valence-corrected chi connectivity index (χ0v) is 11.3. The first-order valence-corrected chi connectivity index (χ1v) is 6.31. The van der Waals surface area contributed by atoms with E-state index in [-0.39, 0.29) is 28.9 Å². The van der Waals surface area contributed by atoms with Gasteiger partial charge >= 0.3 is 5.97 Å². The maximum atomic E-state index is 11.9. The number of nitrogens with one attached hydrogen (secondary N) is 1. The maximum Gasteiger partial charge on any atom is 0.307 e. The first kappa shape index (κ1) is 13.3. The number of carboxylic acid groups (broad SMARTS) is 1. The van der Waals surface area contributed by atoms with Crippen LogP contribution in [0.15, 0.2) is 0 Å². The van der Waals surface area contributed by atoms with E-state index in [0.29, 0.717) is 6.42 Å². The number of amides is 1. The van der Waals surface area contributed by atoms with Gasteiger partial charge < -0.3 is 15.2 Å². The standard InChI is InChI=1S/C13H21NO4/c1-12(2)9(6-13(12,3)18-4)14-10(15)7-5-8(7)11(16)17/h7-9H,5-6H2,1-4H3,(H,14,15)(H,16,17)/t7-,8-,9+,13-/m1/s1. The fourth-order valence-corrected chi connectivity index (χ4v) is 2.76. The van der Waals surface area contributed by atoms with Gasteiger partial charge in [0.1, 0.15) is 0 Å². The predicted octanol–water partition coefficient (Wildman–Crippen LogP) is 1.03. The summed E-state index contributed by atoms with van der Waals surface area (Å²) in [5.41, 5.74) is -0.355. The van der Waals surface area contributed by atoms with Crippen molar-refractivity contribution >= 4 is 11.9 Å². The Bertz CT molecular complexity index is 392. The van der Waals surface area contributed by atoms with Crippen molar-refractivity contribution in [3.05, 3.63) is 0 Å². The summed E-state index contributed by atoms with van der Waals surface area (Å²) in [5.74, 6) is -1.82. The minimum Gasteiger partial charge on any atom is -0.481 e. The summed E-state index contributed by atoms with van der Waals surface area (Å²) in [4.78, 5) is 22.6. The molecule has 102 valence electrons. The number of rotatable bonds is 4. The number of hydrogen-bond donors (Lipinski definition) is 2. The Balaban J connectivity index is 1.90. The van der Waals surface area contributed by atoms with Crippen molar-refractivity contribution in [1.29, 1.82) is 0 Å². The molecule has 2 aliphatic rings. The monoisotopic (exact) mass is 255 g/mol. The van der Waals surface area contributed by atoms with E-state index in [0.717, 1.165) is 6.42 Å². The fraction of sp³-hybridized carbons (Fsp3) is 0.846. The second kappa shape index (κ2) is 3.95. The van der Waals surface area contributed by atoms with Crippen LogP contribution in [-0.4, -0.2) is 35.7 Å². The number of carbonyl (C=O) groups is 2. The van der Waals surface area contributed by atoms with Crippen molar-refractivity contribution in [2.45, 2.75) is 45.3 Å². The zero-order valence-electron chi connectivity index (χ0n) is 11.3. The summed E-state index contributed by atoms with van der Waals surface area (Å²) in [7, 11) is 1.68. The van der Waals surface area contributed by atoms with Crippen LogP contribution in [0, 0.1) is 17.3 Å². The lowest BCUT2D eigenvalue weighted by Crippen LogP contribution is -2.68. The summed E-state index contributed by atoms with van der Waals surface area (Å²) >= 11 is 0. The van der Waals surface area contributed by atoms with Crippen LogP contribution in [0.1, 0.15) is 33.6 Å². The molecule has 2 N–H and O–H groups in total. The minimum atomic E-state index is -0.871. The second-order valence-electron chi connectivity index (χ2n) is 6.21. The molecule has 0 heterocycles. The number of ether oxygens (including phenoxy) is 1. The molecule has 2 aliphatic carbocycles. The van der Waals surface area contributed by atoms with E-state index in [4.69, 9.17) is 9.84 Å². The van der Waals surface area contributed by atoms with Gasteiger partial charge in [0.15, 0.2) is 0 Å². The highest BCUT2D eigenvalue weighted by Gasteiger charge is 2.59. The van der Waals surface area contributed by atoms with E-state index in [1.54, 1.807) is 7.11 Å². The molecule has 0 aromatic rings. The SMILES string of the molecule is CO[C@]1(C)C[C@H](NC(=O)[C@@H]2C[C@H]2C(=O)O)C1(C)C. The van der Waals surface area contributed by atoms with Gasteiger partial charge in [-0.1, -0.05) is 13.8 Å². The Kier molecular flexibility index (Phi) is 2.93. The van der Waals surface area contributed by atoms with Crippen molar-refractivity contribution in [1.82, 2.24) is 5.32 Å². The Labute approximate surface area is 107 Å². The summed E-state index contributed by atoms with van der Waals surface area (Å²) in [6.07, 6.45) is 1.24. The number of carbonyl (C=O) groups excluding carboxylic acids is 1. The molecule has 18 heavy (non-hydrogen) atoms. The van der Waals surface area contributed by atoms with Gasteiger partial charge in [-0.05, 0) is 19.8 Å². The minimum absolute atomic E-state index is 0.0602. The van der Waals surface area contributed by atoms with Gasteiger partial charge in [-0.2, -0.15) is 0 Å². The lowest BCUT2D eigenvalue weighted by molar-refractivity contribution is -0.182. The molecule has 2 fully saturated rings. The molecule has 0 spiro atoms. The third-order valence-corrected chi connectivity index (χ3v) is 5.04. The predicted molar refractivity (Wildman–Crippen MR) is 65.0 cm³/mol. The van der Waals surface area contributed by atoms with Crippen LogP contribution in [0.2, 0.25) is 0 Å². The highest BCUT2D eigenvalue weighted by atomic mass is 16.5. The lowest BCUT2D eigenvalue weighted by Gasteiger charge is -2.59. The number of hydrogen-bond acceptors (Lipinski definition) is 3. The summed E-state index contributed by atoms with van der Waals surface area (Å²) in [6, 6.07) is 0.0602. The highest BCUT2D eigenvalue weighted by molar-refractivity contribution is 5.89. The molecule has 0 saturated heterocycles. The summed E-state index contributed by atoms with van der Waals surface area (Å²) in [5, 5.41) is 11.8. The molecule has 5 heteroatoms. The summed E-state index contributed by atoms with van der Waals surface area (Å²) in [6.45, 7) is 6.16. The summed E-state index contributed by atoms with van der Waals surface area (Å²) < 4.78 is 5.49. The molecule has 4 atom stereocenters. The Morgan fingerprint density at radius 1 is 1.28 bits per heavy atom. The van der Waals surface area contributed by atoms with Crippen molar-refractivity contribution in [3.63, 3.8) is 0 Å². The molecular weight excluding hydrogens is 234 g/mol. The fourth-order valence-electron chi connectivity index (χ4n) is 2.76. The van der Waals surface area contributed by atoms with Crippen LogP contribution in [-0.2, 0) is 14.3 Å². The molecule has 5 nitrogen and oxygen atoms in total. The van der Waals surface area contributed by atoms with E-state index < -0.39 is 11.9 Å². The zero-order chi connectivity index (χ0) is 13.7. The lowest BCUT2D eigenvalue weighted by atomic mass is 9.56. The van der Waals surface area contributed by atoms with Crippen LogP contribution in [0.3, 0.4) is 0 Å². The van der Waals surface area contributed by atoms with Crippen LogP contribution in [0.5, 0.6) is 0 Å². The van der Waals surface area contributed by atoms with Gasteiger partial charge in [0.25, 0.3) is 0 Å². The first-order chi connectivity index (χ1) is 8.23. The van der Waals surface area contributed by atoms with Crippen LogP contribution in [0.25, 0.3) is 0 Å². The van der Waals surface area contributed by atoms with Gasteiger partial charge in [0.2, 0.25) is 5.91 Å².